The van der Waals surface area contributed by atoms with E-state index in [0.29, 0.717) is 0 Å². The SMILES string of the molecule is NC(N)Cc1cccc(S(=O)(=O)O)c1S(=O)(=O)O. The average Bonchev–Trinajstić information content (AvgIpc) is 2.13. The monoisotopic (exact) mass is 296 g/mol. The van der Waals surface area contributed by atoms with Crippen LogP contribution in [-0.2, 0) is 26.7 Å². The second kappa shape index (κ2) is 4.91. The summed E-state index contributed by atoms with van der Waals surface area (Å²) in [6, 6.07) is 3.30. The second-order valence-corrected chi connectivity index (χ2v) is 6.31. The van der Waals surface area contributed by atoms with Crippen molar-refractivity contribution in [2.24, 2.45) is 11.5 Å². The van der Waals surface area contributed by atoms with E-state index in [2.05, 4.69) is 0 Å². The van der Waals surface area contributed by atoms with Gasteiger partial charge >= 0.3 is 0 Å². The Morgan fingerprint density at radius 1 is 1.06 bits per heavy atom. The van der Waals surface area contributed by atoms with E-state index < -0.39 is 36.2 Å². The van der Waals surface area contributed by atoms with E-state index in [1.165, 1.54) is 12.1 Å². The van der Waals surface area contributed by atoms with Crippen LogP contribution in [0.2, 0.25) is 0 Å². The summed E-state index contributed by atoms with van der Waals surface area (Å²) in [6.07, 6.45) is -1.12. The fourth-order valence-corrected chi connectivity index (χ4v) is 3.52. The zero-order chi connectivity index (χ0) is 14.1. The van der Waals surface area contributed by atoms with Crippen molar-refractivity contribution in [2.45, 2.75) is 22.4 Å². The highest BCUT2D eigenvalue weighted by Crippen LogP contribution is 2.25. The minimum atomic E-state index is -4.84. The number of nitrogens with two attached hydrogens (primary N) is 2. The minimum absolute atomic E-state index is 0.0948. The van der Waals surface area contributed by atoms with Crippen LogP contribution in [0.3, 0.4) is 0 Å². The molecular weight excluding hydrogens is 284 g/mol. The van der Waals surface area contributed by atoms with Crippen molar-refractivity contribution in [1.29, 1.82) is 0 Å². The van der Waals surface area contributed by atoms with E-state index in [1.807, 2.05) is 0 Å². The molecule has 18 heavy (non-hydrogen) atoms. The summed E-state index contributed by atoms with van der Waals surface area (Å²) in [5.74, 6) is 0. The highest BCUT2D eigenvalue weighted by atomic mass is 32.2. The molecule has 0 unspecified atom stereocenters. The van der Waals surface area contributed by atoms with Crippen molar-refractivity contribution in [3.05, 3.63) is 23.8 Å². The van der Waals surface area contributed by atoms with Crippen molar-refractivity contribution in [3.8, 4) is 0 Å². The van der Waals surface area contributed by atoms with E-state index in [9.17, 15) is 16.8 Å². The Kier molecular flexibility index (Phi) is 4.10. The van der Waals surface area contributed by atoms with Gasteiger partial charge in [0.15, 0.2) is 0 Å². The lowest BCUT2D eigenvalue weighted by atomic mass is 10.1. The topological polar surface area (TPSA) is 161 Å². The first-order chi connectivity index (χ1) is 8.03. The zero-order valence-corrected chi connectivity index (χ0v) is 10.6. The maximum absolute atomic E-state index is 11.2. The van der Waals surface area contributed by atoms with Crippen LogP contribution in [0.15, 0.2) is 28.0 Å². The van der Waals surface area contributed by atoms with Crippen LogP contribution in [0.5, 0.6) is 0 Å². The molecule has 1 aromatic carbocycles. The zero-order valence-electron chi connectivity index (χ0n) is 9.02. The van der Waals surface area contributed by atoms with E-state index in [1.54, 1.807) is 0 Å². The normalized spacial score (nSPS) is 12.9. The Morgan fingerprint density at radius 3 is 2.00 bits per heavy atom. The van der Waals surface area contributed by atoms with Crippen molar-refractivity contribution < 1.29 is 25.9 Å². The fraction of sp³-hybridized carbons (Fsp3) is 0.250. The minimum Gasteiger partial charge on any atom is -0.316 e. The first-order valence-electron chi connectivity index (χ1n) is 4.61. The first-order valence-corrected chi connectivity index (χ1v) is 7.49. The van der Waals surface area contributed by atoms with Gasteiger partial charge in [-0.25, -0.2) is 0 Å². The molecule has 0 spiro atoms. The van der Waals surface area contributed by atoms with Gasteiger partial charge in [-0.1, -0.05) is 12.1 Å². The molecule has 0 heterocycles. The highest BCUT2D eigenvalue weighted by molar-refractivity contribution is 7.89. The molecule has 6 N–H and O–H groups in total. The summed E-state index contributed by atoms with van der Waals surface area (Å²) in [5, 5.41) is 0. The summed E-state index contributed by atoms with van der Waals surface area (Å²) in [4.78, 5) is -1.82. The van der Waals surface area contributed by atoms with Crippen LogP contribution in [0.25, 0.3) is 0 Å². The van der Waals surface area contributed by atoms with Crippen molar-refractivity contribution >= 4 is 20.2 Å². The molecular formula is C8H12N2O6S2. The first kappa shape index (κ1) is 15.0. The summed E-state index contributed by atoms with van der Waals surface area (Å²) >= 11 is 0. The van der Waals surface area contributed by atoms with Gasteiger partial charge in [0.05, 0.1) is 6.17 Å². The summed E-state index contributed by atoms with van der Waals surface area (Å²) in [7, 11) is -9.64. The van der Waals surface area contributed by atoms with Gasteiger partial charge in [0.2, 0.25) is 0 Å². The third-order valence-corrected chi connectivity index (χ3v) is 4.08. The molecule has 0 fully saturated rings. The quantitative estimate of drug-likeness (QED) is 0.405. The molecule has 8 nitrogen and oxygen atoms in total. The van der Waals surface area contributed by atoms with Gasteiger partial charge < -0.3 is 11.5 Å². The molecule has 1 aromatic rings. The van der Waals surface area contributed by atoms with Gasteiger partial charge in [-0.2, -0.15) is 16.8 Å². The summed E-state index contributed by atoms with van der Waals surface area (Å²) < 4.78 is 62.5. The Balaban J connectivity index is 3.67. The largest absolute Gasteiger partial charge is 0.316 e. The van der Waals surface area contributed by atoms with Crippen molar-refractivity contribution in [1.82, 2.24) is 0 Å². The lowest BCUT2D eigenvalue weighted by Crippen LogP contribution is -2.33. The maximum Gasteiger partial charge on any atom is 0.296 e. The van der Waals surface area contributed by atoms with Gasteiger partial charge in [0, 0.05) is 6.42 Å². The van der Waals surface area contributed by atoms with Crippen LogP contribution < -0.4 is 11.5 Å². The maximum atomic E-state index is 11.2. The molecule has 0 bridgehead atoms. The van der Waals surface area contributed by atoms with E-state index >= 15 is 0 Å². The Bertz CT molecular complexity index is 650. The molecule has 0 saturated heterocycles. The van der Waals surface area contributed by atoms with Crippen LogP contribution in [0, 0.1) is 0 Å². The molecule has 0 amide bonds. The van der Waals surface area contributed by atoms with E-state index in [-0.39, 0.29) is 12.0 Å². The second-order valence-electron chi connectivity index (χ2n) is 3.56. The van der Waals surface area contributed by atoms with Gasteiger partial charge in [0.1, 0.15) is 9.79 Å². The van der Waals surface area contributed by atoms with Crippen LogP contribution in [0.1, 0.15) is 5.56 Å². The van der Waals surface area contributed by atoms with Crippen LogP contribution >= 0.6 is 0 Å². The standard InChI is InChI=1S/C8H12N2O6S2/c9-7(10)4-5-2-1-3-6(17(11,12)13)8(5)18(14,15)16/h1-3,7H,4,9-10H2,(H,11,12,13)(H,14,15,16). The lowest BCUT2D eigenvalue weighted by Gasteiger charge is -2.12. The van der Waals surface area contributed by atoms with Crippen LogP contribution in [-0.4, -0.2) is 32.1 Å². The summed E-state index contributed by atoms with van der Waals surface area (Å²) in [6.45, 7) is 0. The smallest absolute Gasteiger partial charge is 0.296 e. The number of benzene rings is 1. The van der Waals surface area contributed by atoms with Gasteiger partial charge in [-0.05, 0) is 11.6 Å². The third kappa shape index (κ3) is 3.48. The van der Waals surface area contributed by atoms with Crippen molar-refractivity contribution in [2.75, 3.05) is 0 Å². The van der Waals surface area contributed by atoms with Crippen LogP contribution in [0.4, 0.5) is 0 Å². The predicted molar refractivity (Wildman–Crippen MR) is 61.9 cm³/mol. The number of hydrogen-bond donors (Lipinski definition) is 4. The molecule has 1 rings (SSSR count). The average molecular weight is 296 g/mol. The molecule has 10 heteroatoms. The molecule has 0 radical (unpaired) electrons. The van der Waals surface area contributed by atoms with E-state index in [4.69, 9.17) is 20.6 Å². The summed E-state index contributed by atoms with van der Waals surface area (Å²) in [5.41, 5.74) is 10.5. The lowest BCUT2D eigenvalue weighted by molar-refractivity contribution is 0.464. The molecule has 0 aliphatic heterocycles. The Morgan fingerprint density at radius 2 is 1.61 bits per heavy atom. The Hall–Kier alpha value is -1.04. The molecule has 0 aliphatic rings. The highest BCUT2D eigenvalue weighted by Gasteiger charge is 2.27. The number of rotatable bonds is 4. The van der Waals surface area contributed by atoms with Gasteiger partial charge in [-0.3, -0.25) is 9.11 Å². The van der Waals surface area contributed by atoms with Crippen molar-refractivity contribution in [3.63, 3.8) is 0 Å². The Labute approximate surface area is 104 Å². The third-order valence-electron chi connectivity index (χ3n) is 2.05. The molecule has 0 saturated carbocycles. The molecule has 0 aliphatic carbocycles. The molecule has 0 atom stereocenters. The van der Waals surface area contributed by atoms with Gasteiger partial charge in [0.25, 0.3) is 20.2 Å². The van der Waals surface area contributed by atoms with E-state index in [0.717, 1.165) is 6.07 Å². The molecule has 102 valence electrons. The fourth-order valence-electron chi connectivity index (χ4n) is 1.47. The van der Waals surface area contributed by atoms with Gasteiger partial charge in [-0.15, -0.1) is 0 Å². The predicted octanol–water partition coefficient (Wildman–Crippen LogP) is -1.03. The number of hydrogen-bond acceptors (Lipinski definition) is 6. The molecule has 0 aromatic heterocycles.